The molecular formula is C14H13BrO. The molecule has 0 aliphatic rings. The van der Waals surface area contributed by atoms with Crippen LogP contribution in [0.2, 0.25) is 0 Å². The van der Waals surface area contributed by atoms with E-state index in [1.54, 1.807) is 0 Å². The van der Waals surface area contributed by atoms with Crippen LogP contribution in [0.5, 0.6) is 11.5 Å². The van der Waals surface area contributed by atoms with Crippen LogP contribution in [-0.2, 0) is 0 Å². The smallest absolute Gasteiger partial charge is 0.141 e. The van der Waals surface area contributed by atoms with E-state index in [0.717, 1.165) is 21.5 Å². The molecule has 16 heavy (non-hydrogen) atoms. The third-order valence-corrected chi connectivity index (χ3v) is 3.04. The average molecular weight is 277 g/mol. The Bertz CT molecular complexity index is 506. The van der Waals surface area contributed by atoms with Gasteiger partial charge in [0.25, 0.3) is 0 Å². The quantitative estimate of drug-likeness (QED) is 0.761. The van der Waals surface area contributed by atoms with E-state index in [1.165, 1.54) is 5.56 Å². The fourth-order valence-electron chi connectivity index (χ4n) is 1.56. The van der Waals surface area contributed by atoms with Crippen LogP contribution in [0.1, 0.15) is 11.1 Å². The number of benzene rings is 2. The summed E-state index contributed by atoms with van der Waals surface area (Å²) in [5.74, 6) is 1.74. The van der Waals surface area contributed by atoms with Crippen molar-refractivity contribution in [2.45, 2.75) is 13.8 Å². The highest BCUT2D eigenvalue weighted by Gasteiger charge is 2.04. The van der Waals surface area contributed by atoms with Crippen molar-refractivity contribution in [3.63, 3.8) is 0 Å². The van der Waals surface area contributed by atoms with Crippen LogP contribution in [0.25, 0.3) is 0 Å². The van der Waals surface area contributed by atoms with Gasteiger partial charge in [-0.15, -0.1) is 0 Å². The molecular weight excluding hydrogens is 264 g/mol. The number of hydrogen-bond donors (Lipinski definition) is 0. The van der Waals surface area contributed by atoms with Crippen molar-refractivity contribution in [1.29, 1.82) is 0 Å². The van der Waals surface area contributed by atoms with Gasteiger partial charge in [0, 0.05) is 0 Å². The number of aryl methyl sites for hydroxylation is 2. The minimum Gasteiger partial charge on any atom is -0.456 e. The molecule has 82 valence electrons. The van der Waals surface area contributed by atoms with Crippen LogP contribution in [0.4, 0.5) is 0 Å². The van der Waals surface area contributed by atoms with Gasteiger partial charge in [-0.3, -0.25) is 0 Å². The van der Waals surface area contributed by atoms with Gasteiger partial charge in [-0.05, 0) is 53.5 Å². The summed E-state index contributed by atoms with van der Waals surface area (Å²) in [5.41, 5.74) is 2.40. The molecule has 0 N–H and O–H groups in total. The fraction of sp³-hybridized carbons (Fsp3) is 0.143. The number of ether oxygens (including phenoxy) is 1. The van der Waals surface area contributed by atoms with E-state index in [-0.39, 0.29) is 0 Å². The monoisotopic (exact) mass is 276 g/mol. The second-order valence-corrected chi connectivity index (χ2v) is 4.66. The molecule has 0 heterocycles. The summed E-state index contributed by atoms with van der Waals surface area (Å²) < 4.78 is 6.82. The van der Waals surface area contributed by atoms with Crippen molar-refractivity contribution in [3.8, 4) is 11.5 Å². The average Bonchev–Trinajstić information content (AvgIpc) is 2.25. The van der Waals surface area contributed by atoms with E-state index in [2.05, 4.69) is 41.9 Å². The Balaban J connectivity index is 2.31. The maximum atomic E-state index is 5.85. The van der Waals surface area contributed by atoms with Crippen molar-refractivity contribution < 1.29 is 4.74 Å². The van der Waals surface area contributed by atoms with E-state index in [0.29, 0.717) is 0 Å². The Morgan fingerprint density at radius 1 is 0.938 bits per heavy atom. The molecule has 0 saturated carbocycles. The SMILES string of the molecule is Cc1ccc(Oc2ccccc2Br)c(C)c1. The second kappa shape index (κ2) is 4.71. The molecule has 0 atom stereocenters. The van der Waals surface area contributed by atoms with Crippen LogP contribution in [0.3, 0.4) is 0 Å². The molecule has 0 bridgehead atoms. The maximum absolute atomic E-state index is 5.85. The first kappa shape index (κ1) is 11.2. The molecule has 0 radical (unpaired) electrons. The van der Waals surface area contributed by atoms with E-state index in [1.807, 2.05) is 30.3 Å². The minimum absolute atomic E-state index is 0.842. The normalized spacial score (nSPS) is 10.2. The summed E-state index contributed by atoms with van der Waals surface area (Å²) >= 11 is 3.47. The number of para-hydroxylation sites is 1. The molecule has 0 spiro atoms. The molecule has 0 aromatic heterocycles. The zero-order chi connectivity index (χ0) is 11.5. The Morgan fingerprint density at radius 2 is 1.69 bits per heavy atom. The predicted molar refractivity (Wildman–Crippen MR) is 70.1 cm³/mol. The van der Waals surface area contributed by atoms with Crippen LogP contribution in [0.15, 0.2) is 46.9 Å². The number of halogens is 1. The Hall–Kier alpha value is -1.28. The largest absolute Gasteiger partial charge is 0.456 e. The van der Waals surface area contributed by atoms with Gasteiger partial charge in [0.05, 0.1) is 4.47 Å². The molecule has 2 aromatic rings. The number of rotatable bonds is 2. The molecule has 0 amide bonds. The summed E-state index contributed by atoms with van der Waals surface area (Å²) in [4.78, 5) is 0. The maximum Gasteiger partial charge on any atom is 0.141 e. The van der Waals surface area contributed by atoms with Gasteiger partial charge in [-0.2, -0.15) is 0 Å². The third-order valence-electron chi connectivity index (χ3n) is 2.39. The molecule has 0 aliphatic heterocycles. The molecule has 0 fully saturated rings. The fourth-order valence-corrected chi connectivity index (χ4v) is 1.93. The van der Waals surface area contributed by atoms with Crippen molar-refractivity contribution in [2.24, 2.45) is 0 Å². The lowest BCUT2D eigenvalue weighted by Gasteiger charge is -2.10. The van der Waals surface area contributed by atoms with Crippen molar-refractivity contribution in [1.82, 2.24) is 0 Å². The van der Waals surface area contributed by atoms with Crippen molar-refractivity contribution >= 4 is 15.9 Å². The first-order chi connectivity index (χ1) is 7.66. The summed E-state index contributed by atoms with van der Waals surface area (Å²) in [5, 5.41) is 0. The van der Waals surface area contributed by atoms with Gasteiger partial charge in [0.1, 0.15) is 11.5 Å². The summed E-state index contributed by atoms with van der Waals surface area (Å²) in [6, 6.07) is 14.0. The molecule has 2 heteroatoms. The van der Waals surface area contributed by atoms with E-state index in [4.69, 9.17) is 4.74 Å². The highest BCUT2D eigenvalue weighted by Crippen LogP contribution is 2.31. The Morgan fingerprint density at radius 3 is 2.38 bits per heavy atom. The van der Waals surface area contributed by atoms with Crippen LogP contribution >= 0.6 is 15.9 Å². The number of hydrogen-bond acceptors (Lipinski definition) is 1. The van der Waals surface area contributed by atoms with Crippen LogP contribution in [0, 0.1) is 13.8 Å². The Kier molecular flexibility index (Phi) is 3.30. The molecule has 0 unspecified atom stereocenters. The molecule has 2 rings (SSSR count). The van der Waals surface area contributed by atoms with Gasteiger partial charge in [-0.1, -0.05) is 29.8 Å². The zero-order valence-electron chi connectivity index (χ0n) is 9.33. The van der Waals surface area contributed by atoms with Gasteiger partial charge >= 0.3 is 0 Å². The second-order valence-electron chi connectivity index (χ2n) is 3.80. The molecule has 1 nitrogen and oxygen atoms in total. The molecule has 2 aromatic carbocycles. The van der Waals surface area contributed by atoms with Crippen LogP contribution in [-0.4, -0.2) is 0 Å². The third kappa shape index (κ3) is 2.45. The predicted octanol–water partition coefficient (Wildman–Crippen LogP) is 4.86. The van der Waals surface area contributed by atoms with E-state index >= 15 is 0 Å². The van der Waals surface area contributed by atoms with Gasteiger partial charge in [-0.25, -0.2) is 0 Å². The highest BCUT2D eigenvalue weighted by atomic mass is 79.9. The topological polar surface area (TPSA) is 9.23 Å². The summed E-state index contributed by atoms with van der Waals surface area (Å²) in [6.45, 7) is 4.13. The molecule has 0 aliphatic carbocycles. The van der Waals surface area contributed by atoms with E-state index in [9.17, 15) is 0 Å². The lowest BCUT2D eigenvalue weighted by atomic mass is 10.1. The lowest BCUT2D eigenvalue weighted by Crippen LogP contribution is -1.88. The first-order valence-electron chi connectivity index (χ1n) is 5.16. The van der Waals surface area contributed by atoms with Crippen molar-refractivity contribution in [2.75, 3.05) is 0 Å². The first-order valence-corrected chi connectivity index (χ1v) is 5.96. The van der Waals surface area contributed by atoms with Crippen LogP contribution < -0.4 is 4.74 Å². The van der Waals surface area contributed by atoms with Gasteiger partial charge < -0.3 is 4.74 Å². The zero-order valence-corrected chi connectivity index (χ0v) is 10.9. The molecule has 0 saturated heterocycles. The summed E-state index contributed by atoms with van der Waals surface area (Å²) in [6.07, 6.45) is 0. The van der Waals surface area contributed by atoms with Gasteiger partial charge in [0.15, 0.2) is 0 Å². The standard InChI is InChI=1S/C14H13BrO/c1-10-7-8-13(11(2)9-10)16-14-6-4-3-5-12(14)15/h3-9H,1-2H3. The Labute approximate surface area is 104 Å². The van der Waals surface area contributed by atoms with Gasteiger partial charge in [0.2, 0.25) is 0 Å². The minimum atomic E-state index is 0.842. The van der Waals surface area contributed by atoms with E-state index < -0.39 is 0 Å². The van der Waals surface area contributed by atoms with Crippen molar-refractivity contribution in [3.05, 3.63) is 58.1 Å². The lowest BCUT2D eigenvalue weighted by molar-refractivity contribution is 0.476. The highest BCUT2D eigenvalue weighted by molar-refractivity contribution is 9.10. The summed E-state index contributed by atoms with van der Waals surface area (Å²) in [7, 11) is 0.